The van der Waals surface area contributed by atoms with E-state index in [0.29, 0.717) is 16.3 Å². The zero-order chi connectivity index (χ0) is 13.7. The van der Waals surface area contributed by atoms with Crippen LogP contribution in [0.15, 0.2) is 18.2 Å². The first kappa shape index (κ1) is 14.8. The maximum Gasteiger partial charge on any atom is 0.256 e. The quantitative estimate of drug-likeness (QED) is 0.560. The molecule has 0 bridgehead atoms. The molecule has 18 heavy (non-hydrogen) atoms. The summed E-state index contributed by atoms with van der Waals surface area (Å²) in [6, 6.07) is 4.84. The number of carbonyl (C=O) groups is 1. The van der Waals surface area contributed by atoms with Crippen molar-refractivity contribution in [3.63, 3.8) is 0 Å². The van der Waals surface area contributed by atoms with E-state index in [1.165, 1.54) is 0 Å². The van der Waals surface area contributed by atoms with Gasteiger partial charge in [-0.2, -0.15) is 0 Å². The third-order valence-electron chi connectivity index (χ3n) is 2.59. The summed E-state index contributed by atoms with van der Waals surface area (Å²) in [5.74, 6) is 5.16. The maximum absolute atomic E-state index is 12.4. The van der Waals surface area contributed by atoms with Crippen LogP contribution in [-0.4, -0.2) is 35.1 Å². The van der Waals surface area contributed by atoms with Crippen molar-refractivity contribution in [1.82, 2.24) is 4.90 Å². The highest BCUT2D eigenvalue weighted by Crippen LogP contribution is 2.22. The minimum absolute atomic E-state index is 0.0192. The molecule has 0 atom stereocenters. The van der Waals surface area contributed by atoms with Gasteiger partial charge in [-0.25, -0.2) is 0 Å². The number of hydrazine groups is 1. The van der Waals surface area contributed by atoms with Gasteiger partial charge in [-0.1, -0.05) is 11.6 Å². The summed E-state index contributed by atoms with van der Waals surface area (Å²) in [6.07, 6.45) is 0. The number of aliphatic hydroxyl groups is 1. The third-order valence-corrected chi connectivity index (χ3v) is 2.83. The zero-order valence-corrected chi connectivity index (χ0v) is 11.2. The molecule has 0 aliphatic carbocycles. The fraction of sp³-hybridized carbons (Fsp3) is 0.417. The lowest BCUT2D eigenvalue weighted by Crippen LogP contribution is -2.39. The summed E-state index contributed by atoms with van der Waals surface area (Å²) < 4.78 is 0. The van der Waals surface area contributed by atoms with Gasteiger partial charge in [-0.15, -0.1) is 0 Å². The Hall–Kier alpha value is -1.30. The van der Waals surface area contributed by atoms with Gasteiger partial charge in [-0.05, 0) is 32.0 Å². The monoisotopic (exact) mass is 271 g/mol. The zero-order valence-electron chi connectivity index (χ0n) is 10.5. The predicted molar refractivity (Wildman–Crippen MR) is 72.5 cm³/mol. The summed E-state index contributed by atoms with van der Waals surface area (Å²) >= 11 is 5.89. The van der Waals surface area contributed by atoms with Crippen LogP contribution >= 0.6 is 11.6 Å². The van der Waals surface area contributed by atoms with E-state index in [2.05, 4.69) is 5.43 Å². The van der Waals surface area contributed by atoms with Gasteiger partial charge in [0.05, 0.1) is 17.9 Å². The van der Waals surface area contributed by atoms with Gasteiger partial charge in [0.2, 0.25) is 0 Å². The molecule has 0 saturated heterocycles. The molecular weight excluding hydrogens is 254 g/mol. The number of nitrogens with one attached hydrogen (secondary N) is 1. The van der Waals surface area contributed by atoms with Crippen molar-refractivity contribution in [2.24, 2.45) is 5.84 Å². The van der Waals surface area contributed by atoms with E-state index >= 15 is 0 Å². The fourth-order valence-corrected chi connectivity index (χ4v) is 1.85. The molecule has 1 amide bonds. The van der Waals surface area contributed by atoms with Crippen molar-refractivity contribution in [1.29, 1.82) is 0 Å². The number of aliphatic hydroxyl groups excluding tert-OH is 1. The van der Waals surface area contributed by atoms with E-state index in [9.17, 15) is 4.79 Å². The molecule has 1 rings (SSSR count). The largest absolute Gasteiger partial charge is 0.395 e. The van der Waals surface area contributed by atoms with Crippen LogP contribution in [0.1, 0.15) is 24.2 Å². The highest BCUT2D eigenvalue weighted by Gasteiger charge is 2.21. The number of benzene rings is 1. The van der Waals surface area contributed by atoms with Crippen molar-refractivity contribution in [3.8, 4) is 0 Å². The number of amides is 1. The second-order valence-corrected chi connectivity index (χ2v) is 4.59. The highest BCUT2D eigenvalue weighted by molar-refractivity contribution is 6.31. The first-order valence-electron chi connectivity index (χ1n) is 5.69. The minimum atomic E-state index is -0.213. The van der Waals surface area contributed by atoms with Crippen LogP contribution in [0.2, 0.25) is 5.02 Å². The smallest absolute Gasteiger partial charge is 0.256 e. The Balaban J connectivity index is 3.11. The lowest BCUT2D eigenvalue weighted by atomic mass is 10.1. The Kier molecular flexibility index (Phi) is 5.40. The number of anilines is 1. The maximum atomic E-state index is 12.4. The van der Waals surface area contributed by atoms with E-state index in [0.717, 1.165) is 0 Å². The summed E-state index contributed by atoms with van der Waals surface area (Å²) in [7, 11) is 0. The van der Waals surface area contributed by atoms with Gasteiger partial charge >= 0.3 is 0 Å². The van der Waals surface area contributed by atoms with Crippen LogP contribution in [0.25, 0.3) is 0 Å². The molecule has 0 aliphatic heterocycles. The number of hydrogen-bond acceptors (Lipinski definition) is 4. The number of carbonyl (C=O) groups excluding carboxylic acids is 1. The first-order valence-corrected chi connectivity index (χ1v) is 6.07. The molecule has 0 heterocycles. The molecule has 0 aliphatic rings. The molecule has 4 N–H and O–H groups in total. The average Bonchev–Trinajstić information content (AvgIpc) is 2.34. The van der Waals surface area contributed by atoms with Crippen LogP contribution in [0, 0.1) is 0 Å². The Morgan fingerprint density at radius 2 is 2.22 bits per heavy atom. The molecule has 1 aromatic rings. The summed E-state index contributed by atoms with van der Waals surface area (Å²) in [5, 5.41) is 9.47. The molecule has 100 valence electrons. The number of nitrogens with two attached hydrogens (primary N) is 1. The Morgan fingerprint density at radius 1 is 1.56 bits per heavy atom. The van der Waals surface area contributed by atoms with E-state index < -0.39 is 0 Å². The average molecular weight is 272 g/mol. The fourth-order valence-electron chi connectivity index (χ4n) is 1.68. The third kappa shape index (κ3) is 3.35. The van der Waals surface area contributed by atoms with Crippen LogP contribution in [0.5, 0.6) is 0 Å². The van der Waals surface area contributed by atoms with Gasteiger partial charge in [0.1, 0.15) is 0 Å². The molecule has 5 nitrogen and oxygen atoms in total. The van der Waals surface area contributed by atoms with Crippen molar-refractivity contribution in [2.75, 3.05) is 18.6 Å². The SMILES string of the molecule is CC(C)N(CCO)C(=O)c1cc(Cl)ccc1NN. The van der Waals surface area contributed by atoms with Gasteiger partial charge in [0.25, 0.3) is 5.91 Å². The topological polar surface area (TPSA) is 78.6 Å². The molecule has 0 spiro atoms. The molecule has 6 heteroatoms. The summed E-state index contributed by atoms with van der Waals surface area (Å²) in [4.78, 5) is 13.9. The minimum Gasteiger partial charge on any atom is -0.395 e. The second-order valence-electron chi connectivity index (χ2n) is 4.15. The van der Waals surface area contributed by atoms with Gasteiger partial charge in [-0.3, -0.25) is 10.6 Å². The van der Waals surface area contributed by atoms with Gasteiger partial charge < -0.3 is 15.4 Å². The number of nitrogens with zero attached hydrogens (tertiary/aromatic N) is 1. The number of hydrogen-bond donors (Lipinski definition) is 3. The van der Waals surface area contributed by atoms with Crippen molar-refractivity contribution < 1.29 is 9.90 Å². The summed E-state index contributed by atoms with van der Waals surface area (Å²) in [5.41, 5.74) is 3.37. The molecular formula is C12H18ClN3O2. The van der Waals surface area contributed by atoms with Crippen molar-refractivity contribution in [3.05, 3.63) is 28.8 Å². The molecule has 0 unspecified atom stereocenters. The van der Waals surface area contributed by atoms with Crippen molar-refractivity contribution in [2.45, 2.75) is 19.9 Å². The Morgan fingerprint density at radius 3 is 2.72 bits per heavy atom. The first-order chi connectivity index (χ1) is 8.51. The Bertz CT molecular complexity index is 424. The lowest BCUT2D eigenvalue weighted by molar-refractivity contribution is 0.0666. The molecule has 0 saturated carbocycles. The van der Waals surface area contributed by atoms with E-state index in [1.807, 2.05) is 13.8 Å². The predicted octanol–water partition coefficient (Wildman–Crippen LogP) is 1.47. The van der Waals surface area contributed by atoms with Crippen LogP contribution in [0.3, 0.4) is 0 Å². The molecule has 0 radical (unpaired) electrons. The normalized spacial score (nSPS) is 10.6. The van der Waals surface area contributed by atoms with Crippen molar-refractivity contribution >= 4 is 23.2 Å². The second kappa shape index (κ2) is 6.58. The van der Waals surface area contributed by atoms with Crippen LogP contribution in [-0.2, 0) is 0 Å². The molecule has 0 aromatic heterocycles. The standard InChI is InChI=1S/C12H18ClN3O2/c1-8(2)16(5-6-17)12(18)10-7-9(13)3-4-11(10)15-14/h3-4,7-8,15,17H,5-6,14H2,1-2H3. The molecule has 0 fully saturated rings. The highest BCUT2D eigenvalue weighted by atomic mass is 35.5. The van der Waals surface area contributed by atoms with Crippen LogP contribution < -0.4 is 11.3 Å². The van der Waals surface area contributed by atoms with Gasteiger partial charge in [0.15, 0.2) is 0 Å². The van der Waals surface area contributed by atoms with Crippen LogP contribution in [0.4, 0.5) is 5.69 Å². The van der Waals surface area contributed by atoms with E-state index in [4.69, 9.17) is 22.6 Å². The number of nitrogen functional groups attached to an aromatic ring is 1. The number of rotatable bonds is 5. The van der Waals surface area contributed by atoms with E-state index in [-0.39, 0.29) is 25.1 Å². The van der Waals surface area contributed by atoms with Gasteiger partial charge in [0, 0.05) is 17.6 Å². The molecule has 1 aromatic carbocycles. The summed E-state index contributed by atoms with van der Waals surface area (Å²) in [6.45, 7) is 3.95. The van der Waals surface area contributed by atoms with E-state index in [1.54, 1.807) is 23.1 Å². The Labute approximate surface area is 111 Å². The number of halogens is 1. The lowest BCUT2D eigenvalue weighted by Gasteiger charge is -2.26.